The topological polar surface area (TPSA) is 75.4 Å². The number of hydrogen-bond acceptors (Lipinski definition) is 6. The Morgan fingerprint density at radius 2 is 2.12 bits per heavy atom. The van der Waals surface area contributed by atoms with Crippen LogP contribution >= 0.6 is 24.0 Å². The summed E-state index contributed by atoms with van der Waals surface area (Å²) in [5.74, 6) is -0.134. The van der Waals surface area contributed by atoms with Gasteiger partial charge in [0.2, 0.25) is 0 Å². The Morgan fingerprint density at radius 1 is 1.33 bits per heavy atom. The molecule has 1 saturated heterocycles. The zero-order valence-electron chi connectivity index (χ0n) is 12.2. The van der Waals surface area contributed by atoms with Crippen LogP contribution in [0.1, 0.15) is 16.1 Å². The molecule has 0 atom stereocenters. The summed E-state index contributed by atoms with van der Waals surface area (Å²) in [5, 5.41) is 1.06. The molecule has 0 spiro atoms. The summed E-state index contributed by atoms with van der Waals surface area (Å²) >= 11 is 6.27. The molecule has 3 rings (SSSR count). The van der Waals surface area contributed by atoms with Gasteiger partial charge in [-0.3, -0.25) is 20.0 Å². The van der Waals surface area contributed by atoms with Crippen LogP contribution in [0.5, 0.6) is 0 Å². The van der Waals surface area contributed by atoms with E-state index >= 15 is 0 Å². The largest absolute Gasteiger partial charge is 0.465 e. The quantitative estimate of drug-likeness (QED) is 0.670. The molecular weight excluding hydrogens is 346 g/mol. The third-order valence-electron chi connectivity index (χ3n) is 3.00. The van der Waals surface area contributed by atoms with E-state index in [1.165, 1.54) is 12.4 Å². The number of nitrogens with one attached hydrogen (secondary N) is 1. The van der Waals surface area contributed by atoms with Crippen molar-refractivity contribution in [3.63, 3.8) is 0 Å². The van der Waals surface area contributed by atoms with Crippen LogP contribution in [0.15, 0.2) is 64.4 Å². The number of aromatic nitrogens is 1. The van der Waals surface area contributed by atoms with E-state index in [1.54, 1.807) is 48.8 Å². The van der Waals surface area contributed by atoms with Crippen LogP contribution < -0.4 is 5.43 Å². The highest BCUT2D eigenvalue weighted by atomic mass is 32.2. The number of thioether (sulfide) groups is 1. The van der Waals surface area contributed by atoms with Crippen molar-refractivity contribution >= 4 is 46.2 Å². The maximum atomic E-state index is 12.3. The maximum Gasteiger partial charge on any atom is 0.285 e. The van der Waals surface area contributed by atoms with Gasteiger partial charge in [0.1, 0.15) is 5.76 Å². The normalized spacial score (nSPS) is 16.3. The lowest BCUT2D eigenvalue weighted by molar-refractivity contribution is -0.123. The minimum Gasteiger partial charge on any atom is -0.465 e. The standard InChI is InChI=1S/C16H11N3O3S2/c20-14(11-6-8-17-9-7-11)18-19-15(21)13(24-16(19)23)5-1-3-12-4-2-10-22-12/h1-10H,(H,18,20)/b3-1+,13-5+. The molecule has 1 aliphatic heterocycles. The first-order valence-electron chi connectivity index (χ1n) is 6.84. The minimum absolute atomic E-state index is 0.264. The molecule has 0 aromatic carbocycles. The summed E-state index contributed by atoms with van der Waals surface area (Å²) in [6.45, 7) is 0. The Bertz CT molecular complexity index is 830. The molecule has 1 aliphatic rings. The van der Waals surface area contributed by atoms with E-state index in [9.17, 15) is 9.59 Å². The van der Waals surface area contributed by atoms with Crippen molar-refractivity contribution in [2.45, 2.75) is 0 Å². The third-order valence-corrected chi connectivity index (χ3v) is 4.32. The fourth-order valence-electron chi connectivity index (χ4n) is 1.86. The van der Waals surface area contributed by atoms with E-state index in [4.69, 9.17) is 16.6 Å². The van der Waals surface area contributed by atoms with E-state index in [0.717, 1.165) is 16.8 Å². The van der Waals surface area contributed by atoms with Gasteiger partial charge in [0.25, 0.3) is 11.8 Å². The fraction of sp³-hybridized carbons (Fsp3) is 0. The fourth-order valence-corrected chi connectivity index (χ4v) is 3.00. The van der Waals surface area contributed by atoms with E-state index in [0.29, 0.717) is 16.2 Å². The lowest BCUT2D eigenvalue weighted by Crippen LogP contribution is -2.44. The molecule has 0 saturated carbocycles. The van der Waals surface area contributed by atoms with Crippen LogP contribution in [0.4, 0.5) is 0 Å². The van der Waals surface area contributed by atoms with Gasteiger partial charge >= 0.3 is 0 Å². The van der Waals surface area contributed by atoms with Gasteiger partial charge in [-0.2, -0.15) is 5.01 Å². The predicted molar refractivity (Wildman–Crippen MR) is 94.6 cm³/mol. The maximum absolute atomic E-state index is 12.3. The number of thiocarbonyl (C=S) groups is 1. The lowest BCUT2D eigenvalue weighted by atomic mass is 10.2. The molecule has 8 heteroatoms. The number of carbonyl (C=O) groups excluding carboxylic acids is 2. The number of hydrogen-bond donors (Lipinski definition) is 1. The van der Waals surface area contributed by atoms with Crippen molar-refractivity contribution in [2.24, 2.45) is 0 Å². The first kappa shape index (κ1) is 16.2. The molecule has 120 valence electrons. The predicted octanol–water partition coefficient (Wildman–Crippen LogP) is 2.78. The molecule has 24 heavy (non-hydrogen) atoms. The molecule has 0 bridgehead atoms. The Morgan fingerprint density at radius 3 is 2.83 bits per heavy atom. The van der Waals surface area contributed by atoms with Crippen molar-refractivity contribution < 1.29 is 14.0 Å². The van der Waals surface area contributed by atoms with Crippen LogP contribution in [0, 0.1) is 0 Å². The van der Waals surface area contributed by atoms with Crippen molar-refractivity contribution in [3.05, 3.63) is 71.3 Å². The van der Waals surface area contributed by atoms with Gasteiger partial charge < -0.3 is 4.42 Å². The molecule has 3 heterocycles. The van der Waals surface area contributed by atoms with Crippen molar-refractivity contribution in [3.8, 4) is 0 Å². The number of hydrazine groups is 1. The Kier molecular flexibility index (Phi) is 4.88. The van der Waals surface area contributed by atoms with Gasteiger partial charge in [-0.25, -0.2) is 0 Å². The zero-order chi connectivity index (χ0) is 16.9. The van der Waals surface area contributed by atoms with Gasteiger partial charge in [-0.1, -0.05) is 17.8 Å². The monoisotopic (exact) mass is 357 g/mol. The van der Waals surface area contributed by atoms with Gasteiger partial charge in [-0.05, 0) is 48.6 Å². The van der Waals surface area contributed by atoms with Crippen molar-refractivity contribution in [2.75, 3.05) is 0 Å². The second-order valence-electron chi connectivity index (χ2n) is 4.59. The second kappa shape index (κ2) is 7.24. The van der Waals surface area contributed by atoms with Gasteiger partial charge in [0.15, 0.2) is 4.32 Å². The van der Waals surface area contributed by atoms with Crippen molar-refractivity contribution in [1.82, 2.24) is 15.4 Å². The van der Waals surface area contributed by atoms with E-state index in [1.807, 2.05) is 0 Å². The molecule has 2 aromatic rings. The van der Waals surface area contributed by atoms with E-state index in [2.05, 4.69) is 10.4 Å². The lowest BCUT2D eigenvalue weighted by Gasteiger charge is -2.15. The minimum atomic E-state index is -0.430. The SMILES string of the molecule is O=C(NN1C(=O)/C(=C\C=C\c2ccco2)SC1=S)c1ccncc1. The van der Waals surface area contributed by atoms with Crippen LogP contribution in [0.2, 0.25) is 0 Å². The number of allylic oxidation sites excluding steroid dienone is 2. The average molecular weight is 357 g/mol. The van der Waals surface area contributed by atoms with E-state index in [-0.39, 0.29) is 10.2 Å². The summed E-state index contributed by atoms with van der Waals surface area (Å²) in [7, 11) is 0. The van der Waals surface area contributed by atoms with Crippen LogP contribution in [0.25, 0.3) is 6.08 Å². The summed E-state index contributed by atoms with van der Waals surface area (Å²) < 4.78 is 5.43. The first-order valence-corrected chi connectivity index (χ1v) is 8.07. The summed E-state index contributed by atoms with van der Waals surface area (Å²) in [6.07, 6.45) is 9.60. The van der Waals surface area contributed by atoms with E-state index < -0.39 is 5.91 Å². The highest BCUT2D eigenvalue weighted by Crippen LogP contribution is 2.29. The molecule has 6 nitrogen and oxygen atoms in total. The molecule has 2 aromatic heterocycles. The Labute approximate surface area is 147 Å². The van der Waals surface area contributed by atoms with Crippen LogP contribution in [-0.2, 0) is 4.79 Å². The van der Waals surface area contributed by atoms with Crippen LogP contribution in [0.3, 0.4) is 0 Å². The number of rotatable bonds is 4. The number of furan rings is 1. The summed E-state index contributed by atoms with van der Waals surface area (Å²) in [6, 6.07) is 6.67. The molecule has 2 amide bonds. The molecule has 1 N–H and O–H groups in total. The number of carbonyl (C=O) groups is 2. The molecule has 0 radical (unpaired) electrons. The first-order chi connectivity index (χ1) is 11.6. The summed E-state index contributed by atoms with van der Waals surface area (Å²) in [5.41, 5.74) is 2.89. The molecule has 0 aliphatic carbocycles. The van der Waals surface area contributed by atoms with Gasteiger partial charge in [0, 0.05) is 18.0 Å². The van der Waals surface area contributed by atoms with Gasteiger partial charge in [-0.15, -0.1) is 0 Å². The average Bonchev–Trinajstić information content (AvgIpc) is 3.20. The highest BCUT2D eigenvalue weighted by molar-refractivity contribution is 8.26. The zero-order valence-corrected chi connectivity index (χ0v) is 13.8. The number of nitrogens with zero attached hydrogens (tertiary/aromatic N) is 2. The molecular formula is C16H11N3O3S2. The highest BCUT2D eigenvalue weighted by Gasteiger charge is 2.33. The third kappa shape index (κ3) is 3.61. The molecule has 0 unspecified atom stereocenters. The Hall–Kier alpha value is -2.71. The number of pyridine rings is 1. The second-order valence-corrected chi connectivity index (χ2v) is 6.27. The van der Waals surface area contributed by atoms with Gasteiger partial charge in [0.05, 0.1) is 11.2 Å². The van der Waals surface area contributed by atoms with Crippen molar-refractivity contribution in [1.29, 1.82) is 0 Å². The number of amides is 2. The molecule has 1 fully saturated rings. The van der Waals surface area contributed by atoms with Crippen LogP contribution in [-0.4, -0.2) is 26.1 Å². The summed E-state index contributed by atoms with van der Waals surface area (Å²) in [4.78, 5) is 28.7. The Balaban J connectivity index is 1.69. The smallest absolute Gasteiger partial charge is 0.285 e.